The maximum absolute atomic E-state index is 13.9. The number of amides is 1. The van der Waals surface area contributed by atoms with Gasteiger partial charge in [0.1, 0.15) is 12.0 Å². The van der Waals surface area contributed by atoms with Gasteiger partial charge in [0.2, 0.25) is 0 Å². The summed E-state index contributed by atoms with van der Waals surface area (Å²) >= 11 is 0. The van der Waals surface area contributed by atoms with Crippen LogP contribution in [0.2, 0.25) is 0 Å². The van der Waals surface area contributed by atoms with Crippen molar-refractivity contribution in [2.45, 2.75) is 52.1 Å². The third-order valence-corrected chi connectivity index (χ3v) is 3.49. The molecule has 2 atom stereocenters. The van der Waals surface area contributed by atoms with Crippen molar-refractivity contribution < 1.29 is 28.2 Å². The highest BCUT2D eigenvalue weighted by Crippen LogP contribution is 2.39. The largest absolute Gasteiger partial charge is 0.481 e. The minimum atomic E-state index is -3.26. The van der Waals surface area contributed by atoms with E-state index in [9.17, 15) is 18.4 Å². The molecule has 1 fully saturated rings. The van der Waals surface area contributed by atoms with Crippen molar-refractivity contribution in [3.63, 3.8) is 0 Å². The molecule has 122 valence electrons. The van der Waals surface area contributed by atoms with E-state index in [2.05, 4.69) is 0 Å². The molecular weight excluding hydrogens is 284 g/mol. The van der Waals surface area contributed by atoms with Crippen molar-refractivity contribution >= 4 is 12.1 Å². The highest BCUT2D eigenvalue weighted by molar-refractivity contribution is 5.68. The Labute approximate surface area is 123 Å². The van der Waals surface area contributed by atoms with Gasteiger partial charge < -0.3 is 14.7 Å². The zero-order valence-electron chi connectivity index (χ0n) is 12.9. The molecule has 1 aliphatic heterocycles. The van der Waals surface area contributed by atoms with Gasteiger partial charge in [0.25, 0.3) is 5.92 Å². The van der Waals surface area contributed by atoms with Crippen molar-refractivity contribution in [1.29, 1.82) is 0 Å². The number of nitrogens with zero attached hydrogens (tertiary/aromatic N) is 1. The lowest BCUT2D eigenvalue weighted by Crippen LogP contribution is -2.49. The average Bonchev–Trinajstić information content (AvgIpc) is 2.24. The molecule has 0 aromatic heterocycles. The van der Waals surface area contributed by atoms with E-state index in [1.165, 1.54) is 4.90 Å². The van der Waals surface area contributed by atoms with Crippen LogP contribution in [0.25, 0.3) is 0 Å². The molecule has 2 unspecified atom stereocenters. The van der Waals surface area contributed by atoms with Crippen LogP contribution in [-0.4, -0.2) is 46.7 Å². The molecule has 1 aliphatic rings. The fourth-order valence-corrected chi connectivity index (χ4v) is 2.60. The molecule has 1 amide bonds. The van der Waals surface area contributed by atoms with Crippen LogP contribution in [0.4, 0.5) is 13.6 Å². The van der Waals surface area contributed by atoms with Gasteiger partial charge in [-0.25, -0.2) is 13.6 Å². The van der Waals surface area contributed by atoms with Gasteiger partial charge in [-0.3, -0.25) is 4.79 Å². The Hall–Kier alpha value is -1.40. The van der Waals surface area contributed by atoms with Gasteiger partial charge >= 0.3 is 12.1 Å². The Balaban J connectivity index is 2.66. The molecular formula is C14H23F2NO4. The van der Waals surface area contributed by atoms with Gasteiger partial charge in [-0.1, -0.05) is 6.92 Å². The Bertz CT molecular complexity index is 406. The van der Waals surface area contributed by atoms with Crippen LogP contribution in [0, 0.1) is 11.8 Å². The van der Waals surface area contributed by atoms with Crippen molar-refractivity contribution in [1.82, 2.24) is 4.90 Å². The maximum Gasteiger partial charge on any atom is 0.410 e. The molecule has 1 N–H and O–H groups in total. The molecule has 0 radical (unpaired) electrons. The fourth-order valence-electron chi connectivity index (χ4n) is 2.60. The van der Waals surface area contributed by atoms with E-state index in [1.54, 1.807) is 27.7 Å². The van der Waals surface area contributed by atoms with Crippen LogP contribution in [-0.2, 0) is 9.53 Å². The number of ether oxygens (including phenoxy) is 1. The Morgan fingerprint density at radius 3 is 2.33 bits per heavy atom. The molecule has 21 heavy (non-hydrogen) atoms. The Morgan fingerprint density at radius 1 is 1.33 bits per heavy atom. The summed E-state index contributed by atoms with van der Waals surface area (Å²) in [5.74, 6) is -6.29. The summed E-state index contributed by atoms with van der Waals surface area (Å²) < 4.78 is 33.0. The minimum Gasteiger partial charge on any atom is -0.481 e. The molecule has 1 heterocycles. The predicted molar refractivity (Wildman–Crippen MR) is 72.3 cm³/mol. The van der Waals surface area contributed by atoms with E-state index in [0.717, 1.165) is 0 Å². The predicted octanol–water partition coefficient (Wildman–Crippen LogP) is 2.99. The van der Waals surface area contributed by atoms with Gasteiger partial charge in [-0.15, -0.1) is 0 Å². The second-order valence-electron chi connectivity index (χ2n) is 6.63. The van der Waals surface area contributed by atoms with E-state index in [-0.39, 0.29) is 19.5 Å². The van der Waals surface area contributed by atoms with Crippen LogP contribution in [0.15, 0.2) is 0 Å². The van der Waals surface area contributed by atoms with Crippen molar-refractivity contribution in [3.8, 4) is 0 Å². The number of carboxylic acids is 1. The van der Waals surface area contributed by atoms with Gasteiger partial charge in [0.15, 0.2) is 0 Å². The molecule has 1 rings (SSSR count). The quantitative estimate of drug-likeness (QED) is 0.870. The number of likely N-dealkylation sites (tertiary alicyclic amines) is 1. The van der Waals surface area contributed by atoms with Gasteiger partial charge in [-0.05, 0) is 33.1 Å². The highest BCUT2D eigenvalue weighted by atomic mass is 19.3. The van der Waals surface area contributed by atoms with Gasteiger partial charge in [0, 0.05) is 19.0 Å². The summed E-state index contributed by atoms with van der Waals surface area (Å²) in [5.41, 5.74) is -0.635. The van der Waals surface area contributed by atoms with E-state index in [0.29, 0.717) is 0 Å². The molecule has 1 saturated heterocycles. The van der Waals surface area contributed by atoms with Crippen LogP contribution in [0.1, 0.15) is 40.5 Å². The summed E-state index contributed by atoms with van der Waals surface area (Å²) in [6, 6.07) is 0. The lowest BCUT2D eigenvalue weighted by atomic mass is 9.81. The topological polar surface area (TPSA) is 66.8 Å². The summed E-state index contributed by atoms with van der Waals surface area (Å²) in [4.78, 5) is 23.9. The van der Waals surface area contributed by atoms with E-state index < -0.39 is 41.8 Å². The van der Waals surface area contributed by atoms with Crippen molar-refractivity contribution in [2.24, 2.45) is 11.8 Å². The molecule has 0 spiro atoms. The third kappa shape index (κ3) is 5.13. The zero-order valence-corrected chi connectivity index (χ0v) is 12.9. The van der Waals surface area contributed by atoms with E-state index in [4.69, 9.17) is 9.84 Å². The number of carboxylic acid groups (broad SMARTS) is 1. The van der Waals surface area contributed by atoms with Crippen LogP contribution >= 0.6 is 0 Å². The average molecular weight is 307 g/mol. The second-order valence-corrected chi connectivity index (χ2v) is 6.63. The first-order chi connectivity index (χ1) is 9.42. The summed E-state index contributed by atoms with van der Waals surface area (Å²) in [7, 11) is 0. The summed E-state index contributed by atoms with van der Waals surface area (Å²) in [5, 5.41) is 8.57. The number of halogens is 2. The van der Waals surface area contributed by atoms with Crippen LogP contribution in [0.3, 0.4) is 0 Å². The molecule has 0 saturated carbocycles. The van der Waals surface area contributed by atoms with Gasteiger partial charge in [-0.2, -0.15) is 0 Å². The summed E-state index contributed by atoms with van der Waals surface area (Å²) in [6.07, 6.45) is -1.62. The molecule has 5 nitrogen and oxygen atoms in total. The number of rotatable bonds is 3. The number of alkyl halides is 2. The first-order valence-corrected chi connectivity index (χ1v) is 7.00. The number of carbonyl (C=O) groups is 2. The maximum atomic E-state index is 13.9. The van der Waals surface area contributed by atoms with Crippen molar-refractivity contribution in [2.75, 3.05) is 13.1 Å². The molecule has 0 aliphatic carbocycles. The molecule has 0 bridgehead atoms. The smallest absolute Gasteiger partial charge is 0.410 e. The highest BCUT2D eigenvalue weighted by Gasteiger charge is 2.47. The van der Waals surface area contributed by atoms with Crippen molar-refractivity contribution in [3.05, 3.63) is 0 Å². The van der Waals surface area contributed by atoms with Crippen LogP contribution in [0.5, 0.6) is 0 Å². The lowest BCUT2D eigenvalue weighted by molar-refractivity contribution is -0.154. The summed E-state index contributed by atoms with van der Waals surface area (Å²) in [6.45, 7) is 7.12. The Kier molecular flexibility index (Phi) is 5.17. The SMILES string of the molecule is CC1CN(C(=O)OC(C)(C)C)CCC1C(F)(F)CC(=O)O. The third-order valence-electron chi connectivity index (χ3n) is 3.49. The normalized spacial score (nSPS) is 23.8. The second kappa shape index (κ2) is 6.15. The molecule has 7 heteroatoms. The lowest BCUT2D eigenvalue weighted by Gasteiger charge is -2.40. The van der Waals surface area contributed by atoms with Crippen LogP contribution < -0.4 is 0 Å². The standard InChI is InChI=1S/C14H23F2NO4/c1-9-8-17(12(20)21-13(2,3)4)6-5-10(9)14(15,16)7-11(18)19/h9-10H,5-8H2,1-4H3,(H,18,19). The van der Waals surface area contributed by atoms with E-state index in [1.807, 2.05) is 0 Å². The van der Waals surface area contributed by atoms with Gasteiger partial charge in [0.05, 0.1) is 0 Å². The first kappa shape index (κ1) is 17.7. The molecule has 0 aromatic rings. The zero-order chi connectivity index (χ0) is 16.4. The Morgan fingerprint density at radius 2 is 1.90 bits per heavy atom. The number of hydrogen-bond acceptors (Lipinski definition) is 3. The number of aliphatic carboxylic acids is 1. The minimum absolute atomic E-state index is 0.0701. The fraction of sp³-hybridized carbons (Fsp3) is 0.857. The number of hydrogen-bond donors (Lipinski definition) is 1. The molecule has 0 aromatic carbocycles. The van der Waals surface area contributed by atoms with E-state index >= 15 is 0 Å². The first-order valence-electron chi connectivity index (χ1n) is 7.00. The number of carbonyl (C=O) groups excluding carboxylic acids is 1. The number of piperidine rings is 1. The monoisotopic (exact) mass is 307 g/mol.